The fourth-order valence-electron chi connectivity index (χ4n) is 1.94. The topological polar surface area (TPSA) is 32.3 Å². The lowest BCUT2D eigenvalue weighted by atomic mass is 10.3. The standard InChI is InChI=1S/C12H14Cl2N2O.ClH/c13-9-4-3-5-10(14)12(9)15-11(17)8-16-6-1-2-7-16;/h3-5H,1-2,6-8H2,(H,15,17);1H. The molecule has 1 aromatic rings. The molecule has 0 aromatic heterocycles. The van der Waals surface area contributed by atoms with E-state index in [9.17, 15) is 4.79 Å². The fourth-order valence-corrected chi connectivity index (χ4v) is 2.43. The van der Waals surface area contributed by atoms with E-state index in [2.05, 4.69) is 10.2 Å². The maximum Gasteiger partial charge on any atom is 0.238 e. The van der Waals surface area contributed by atoms with Crippen LogP contribution < -0.4 is 5.32 Å². The summed E-state index contributed by atoms with van der Waals surface area (Å²) in [6, 6.07) is 5.17. The van der Waals surface area contributed by atoms with Crippen molar-refractivity contribution in [2.45, 2.75) is 12.8 Å². The van der Waals surface area contributed by atoms with Crippen LogP contribution in [0.25, 0.3) is 0 Å². The van der Waals surface area contributed by atoms with E-state index < -0.39 is 0 Å². The number of benzene rings is 1. The van der Waals surface area contributed by atoms with Crippen molar-refractivity contribution in [2.75, 3.05) is 25.0 Å². The predicted octanol–water partition coefficient (Wildman–Crippen LogP) is 3.45. The summed E-state index contributed by atoms with van der Waals surface area (Å²) in [5, 5.41) is 3.69. The number of rotatable bonds is 3. The van der Waals surface area contributed by atoms with Crippen molar-refractivity contribution in [3.8, 4) is 0 Å². The zero-order valence-electron chi connectivity index (χ0n) is 9.79. The van der Waals surface area contributed by atoms with Gasteiger partial charge in [-0.1, -0.05) is 29.3 Å². The van der Waals surface area contributed by atoms with E-state index >= 15 is 0 Å². The average Bonchev–Trinajstić information content (AvgIpc) is 2.76. The van der Waals surface area contributed by atoms with Gasteiger partial charge in [0.1, 0.15) is 0 Å². The monoisotopic (exact) mass is 308 g/mol. The number of likely N-dealkylation sites (tertiary alicyclic amines) is 1. The lowest BCUT2D eigenvalue weighted by Crippen LogP contribution is -2.31. The molecular weight excluding hydrogens is 295 g/mol. The molecule has 0 aliphatic carbocycles. The maximum atomic E-state index is 11.8. The van der Waals surface area contributed by atoms with Gasteiger partial charge >= 0.3 is 0 Å². The lowest BCUT2D eigenvalue weighted by molar-refractivity contribution is -0.117. The molecule has 2 rings (SSSR count). The molecule has 1 aromatic carbocycles. The van der Waals surface area contributed by atoms with E-state index in [0.717, 1.165) is 13.1 Å². The van der Waals surface area contributed by atoms with Crippen LogP contribution in [0.4, 0.5) is 5.69 Å². The van der Waals surface area contributed by atoms with Gasteiger partial charge in [-0.15, -0.1) is 12.4 Å². The molecule has 6 heteroatoms. The number of amides is 1. The van der Waals surface area contributed by atoms with E-state index in [1.54, 1.807) is 18.2 Å². The van der Waals surface area contributed by atoms with Crippen molar-refractivity contribution >= 4 is 47.2 Å². The number of halogens is 3. The molecular formula is C12H15Cl3N2O. The van der Waals surface area contributed by atoms with Crippen LogP contribution in [0.2, 0.25) is 10.0 Å². The van der Waals surface area contributed by atoms with Gasteiger partial charge in [0.05, 0.1) is 22.3 Å². The lowest BCUT2D eigenvalue weighted by Gasteiger charge is -2.15. The van der Waals surface area contributed by atoms with Crippen molar-refractivity contribution in [3.63, 3.8) is 0 Å². The highest BCUT2D eigenvalue weighted by Crippen LogP contribution is 2.29. The average molecular weight is 310 g/mol. The Hall–Kier alpha value is -0.480. The molecule has 0 atom stereocenters. The highest BCUT2D eigenvalue weighted by molar-refractivity contribution is 6.39. The van der Waals surface area contributed by atoms with Crippen LogP contribution in [0.5, 0.6) is 0 Å². The summed E-state index contributed by atoms with van der Waals surface area (Å²) in [5.74, 6) is -0.0677. The second kappa shape index (κ2) is 7.19. The van der Waals surface area contributed by atoms with Crippen molar-refractivity contribution in [3.05, 3.63) is 28.2 Å². The molecule has 0 radical (unpaired) electrons. The fraction of sp³-hybridized carbons (Fsp3) is 0.417. The van der Waals surface area contributed by atoms with Gasteiger partial charge in [0.25, 0.3) is 0 Å². The Bertz CT molecular complexity index is 400. The normalized spacial score (nSPS) is 15.2. The first-order valence-corrected chi connectivity index (χ1v) is 6.38. The van der Waals surface area contributed by atoms with Crippen LogP contribution in [-0.2, 0) is 4.79 Å². The van der Waals surface area contributed by atoms with E-state index in [-0.39, 0.29) is 18.3 Å². The summed E-state index contributed by atoms with van der Waals surface area (Å²) in [6.45, 7) is 2.38. The number of hydrogen-bond donors (Lipinski definition) is 1. The SMILES string of the molecule is Cl.O=C(CN1CCCC1)Nc1c(Cl)cccc1Cl. The number of anilines is 1. The number of hydrogen-bond acceptors (Lipinski definition) is 2. The third kappa shape index (κ3) is 4.02. The minimum absolute atomic E-state index is 0. The molecule has 1 aliphatic heterocycles. The Morgan fingerprint density at radius 1 is 1.22 bits per heavy atom. The first kappa shape index (κ1) is 15.6. The highest BCUT2D eigenvalue weighted by Gasteiger charge is 2.16. The van der Waals surface area contributed by atoms with Gasteiger partial charge in [0.15, 0.2) is 0 Å². The van der Waals surface area contributed by atoms with Gasteiger partial charge in [-0.2, -0.15) is 0 Å². The Labute approximate surface area is 123 Å². The Balaban J connectivity index is 0.00000162. The Morgan fingerprint density at radius 2 is 1.78 bits per heavy atom. The van der Waals surface area contributed by atoms with Gasteiger partial charge in [0, 0.05) is 0 Å². The van der Waals surface area contributed by atoms with E-state index in [4.69, 9.17) is 23.2 Å². The Kier molecular flexibility index (Phi) is 6.22. The minimum Gasteiger partial charge on any atom is -0.322 e. The molecule has 0 bridgehead atoms. The molecule has 1 N–H and O–H groups in total. The zero-order valence-corrected chi connectivity index (χ0v) is 12.1. The third-order valence-corrected chi connectivity index (χ3v) is 3.42. The van der Waals surface area contributed by atoms with Crippen molar-refractivity contribution in [1.29, 1.82) is 0 Å². The second-order valence-corrected chi connectivity index (χ2v) is 4.94. The first-order valence-electron chi connectivity index (χ1n) is 5.63. The number of nitrogens with zero attached hydrogens (tertiary/aromatic N) is 1. The molecule has 0 spiro atoms. The molecule has 0 saturated carbocycles. The molecule has 100 valence electrons. The van der Waals surface area contributed by atoms with E-state index in [1.165, 1.54) is 12.8 Å². The zero-order chi connectivity index (χ0) is 12.3. The van der Waals surface area contributed by atoms with Gasteiger partial charge < -0.3 is 5.32 Å². The number of carbonyl (C=O) groups is 1. The van der Waals surface area contributed by atoms with Gasteiger partial charge in [-0.3, -0.25) is 9.69 Å². The number of para-hydroxylation sites is 1. The molecule has 3 nitrogen and oxygen atoms in total. The van der Waals surface area contributed by atoms with Gasteiger partial charge in [-0.05, 0) is 38.1 Å². The molecule has 1 aliphatic rings. The van der Waals surface area contributed by atoms with Gasteiger partial charge in [-0.25, -0.2) is 0 Å². The maximum absolute atomic E-state index is 11.8. The first-order chi connectivity index (χ1) is 8.16. The molecule has 1 fully saturated rings. The minimum atomic E-state index is -0.0677. The molecule has 18 heavy (non-hydrogen) atoms. The number of nitrogens with one attached hydrogen (secondary N) is 1. The van der Waals surface area contributed by atoms with E-state index in [0.29, 0.717) is 22.3 Å². The van der Waals surface area contributed by atoms with E-state index in [1.807, 2.05) is 0 Å². The van der Waals surface area contributed by atoms with Crippen LogP contribution in [0.3, 0.4) is 0 Å². The summed E-state index contributed by atoms with van der Waals surface area (Å²) in [7, 11) is 0. The van der Waals surface area contributed by atoms with Crippen LogP contribution >= 0.6 is 35.6 Å². The molecule has 0 unspecified atom stereocenters. The highest BCUT2D eigenvalue weighted by atomic mass is 35.5. The number of carbonyl (C=O) groups excluding carboxylic acids is 1. The van der Waals surface area contributed by atoms with Crippen molar-refractivity contribution < 1.29 is 4.79 Å². The largest absolute Gasteiger partial charge is 0.322 e. The van der Waals surface area contributed by atoms with Crippen LogP contribution in [0.15, 0.2) is 18.2 Å². The quantitative estimate of drug-likeness (QED) is 0.927. The third-order valence-electron chi connectivity index (χ3n) is 2.79. The summed E-state index contributed by atoms with van der Waals surface area (Å²) >= 11 is 12.0. The summed E-state index contributed by atoms with van der Waals surface area (Å²) in [5.41, 5.74) is 0.500. The van der Waals surface area contributed by atoms with Crippen molar-refractivity contribution in [2.24, 2.45) is 0 Å². The van der Waals surface area contributed by atoms with Crippen molar-refractivity contribution in [1.82, 2.24) is 4.90 Å². The molecule has 1 saturated heterocycles. The molecule has 1 heterocycles. The van der Waals surface area contributed by atoms with Crippen LogP contribution in [-0.4, -0.2) is 30.4 Å². The second-order valence-electron chi connectivity index (χ2n) is 4.13. The predicted molar refractivity (Wildman–Crippen MR) is 78.0 cm³/mol. The van der Waals surface area contributed by atoms with Gasteiger partial charge in [0.2, 0.25) is 5.91 Å². The molecule has 1 amide bonds. The summed E-state index contributed by atoms with van der Waals surface area (Å²) in [4.78, 5) is 13.9. The van der Waals surface area contributed by atoms with Crippen LogP contribution in [0, 0.1) is 0 Å². The summed E-state index contributed by atoms with van der Waals surface area (Å²) < 4.78 is 0. The Morgan fingerprint density at radius 3 is 2.33 bits per heavy atom. The smallest absolute Gasteiger partial charge is 0.238 e. The summed E-state index contributed by atoms with van der Waals surface area (Å²) in [6.07, 6.45) is 2.33. The van der Waals surface area contributed by atoms with Crippen LogP contribution in [0.1, 0.15) is 12.8 Å².